The third kappa shape index (κ3) is 8.10. The zero-order valence-corrected chi connectivity index (χ0v) is 15.0. The molecule has 0 bridgehead atoms. The first-order valence-electron chi connectivity index (χ1n) is 7.96. The highest BCUT2D eigenvalue weighted by atomic mass is 28.2. The van der Waals surface area contributed by atoms with Crippen LogP contribution < -0.4 is 0 Å². The maximum atomic E-state index is 2.71. The Bertz CT molecular complexity index is 203. The SMILES string of the molecule is CCCCC(=C[SiH2]N(C(C)C)C(C)C)CCCC. The second-order valence-corrected chi connectivity index (χ2v) is 7.46. The van der Waals surface area contributed by atoms with Gasteiger partial charge >= 0.3 is 0 Å². The highest BCUT2D eigenvalue weighted by Crippen LogP contribution is 2.15. The van der Waals surface area contributed by atoms with Gasteiger partial charge in [-0.1, -0.05) is 65.7 Å². The van der Waals surface area contributed by atoms with Crippen LogP contribution in [0.5, 0.6) is 0 Å². The van der Waals surface area contributed by atoms with Gasteiger partial charge in [0.05, 0.1) is 0 Å². The molecular weight excluding hydrogens is 234 g/mol. The lowest BCUT2D eigenvalue weighted by Crippen LogP contribution is -2.39. The van der Waals surface area contributed by atoms with Crippen molar-refractivity contribution in [2.75, 3.05) is 0 Å². The average molecular weight is 270 g/mol. The summed E-state index contributed by atoms with van der Waals surface area (Å²) in [5.41, 5.74) is 4.39. The molecule has 0 aliphatic carbocycles. The maximum Gasteiger partial charge on any atom is 0.120 e. The maximum absolute atomic E-state index is 2.71. The normalized spacial score (nSPS) is 12.3. The molecule has 0 spiro atoms. The van der Waals surface area contributed by atoms with Crippen molar-refractivity contribution < 1.29 is 0 Å². The summed E-state index contributed by atoms with van der Waals surface area (Å²) in [5.74, 6) is 0. The summed E-state index contributed by atoms with van der Waals surface area (Å²) in [6.07, 6.45) is 8.06. The lowest BCUT2D eigenvalue weighted by Gasteiger charge is -2.29. The largest absolute Gasteiger partial charge is 0.321 e. The first-order valence-corrected chi connectivity index (χ1v) is 9.41. The minimum absolute atomic E-state index is 0.202. The Labute approximate surface area is 118 Å². The van der Waals surface area contributed by atoms with Crippen molar-refractivity contribution >= 4 is 9.68 Å². The van der Waals surface area contributed by atoms with Gasteiger partial charge in [0.15, 0.2) is 0 Å². The molecule has 2 heteroatoms. The molecule has 0 aliphatic rings. The van der Waals surface area contributed by atoms with Gasteiger partial charge in [-0.25, -0.2) is 0 Å². The first kappa shape index (κ1) is 17.9. The smallest absolute Gasteiger partial charge is 0.120 e. The fourth-order valence-corrected chi connectivity index (χ4v) is 4.11. The van der Waals surface area contributed by atoms with Crippen LogP contribution in [0.2, 0.25) is 0 Å². The zero-order valence-electron chi connectivity index (χ0n) is 13.6. The molecule has 0 aromatic carbocycles. The number of allylic oxidation sites excluding steroid dienone is 1. The molecule has 0 aromatic heterocycles. The number of hydrogen-bond donors (Lipinski definition) is 0. The van der Waals surface area contributed by atoms with E-state index in [0.717, 1.165) is 0 Å². The van der Waals surface area contributed by atoms with Crippen molar-refractivity contribution in [1.29, 1.82) is 0 Å². The van der Waals surface area contributed by atoms with Crippen molar-refractivity contribution in [2.45, 2.75) is 92.2 Å². The van der Waals surface area contributed by atoms with Gasteiger partial charge in [0.2, 0.25) is 0 Å². The van der Waals surface area contributed by atoms with E-state index in [4.69, 9.17) is 0 Å². The second-order valence-electron chi connectivity index (χ2n) is 5.95. The molecule has 1 nitrogen and oxygen atoms in total. The summed E-state index contributed by atoms with van der Waals surface area (Å²) in [4.78, 5) is 0. The van der Waals surface area contributed by atoms with Crippen LogP contribution in [0, 0.1) is 0 Å². The van der Waals surface area contributed by atoms with Gasteiger partial charge in [0, 0.05) is 0 Å². The van der Waals surface area contributed by atoms with Gasteiger partial charge in [-0.05, 0) is 37.8 Å². The van der Waals surface area contributed by atoms with E-state index in [1.807, 2.05) is 0 Å². The molecule has 0 fully saturated rings. The number of nitrogens with zero attached hydrogens (tertiary/aromatic N) is 1. The molecule has 0 radical (unpaired) electrons. The minimum atomic E-state index is -0.202. The molecule has 0 aliphatic heterocycles. The standard InChI is InChI=1S/C16H35NSi/c1-7-9-11-16(12-10-8-2)13-18-17(14(3)4)15(5)6/h13-15H,7-12,18H2,1-6H3. The second kappa shape index (κ2) is 10.8. The first-order chi connectivity index (χ1) is 8.52. The molecule has 0 aromatic rings. The monoisotopic (exact) mass is 269 g/mol. The Morgan fingerprint density at radius 3 is 1.72 bits per heavy atom. The molecule has 0 atom stereocenters. The van der Waals surface area contributed by atoms with Crippen LogP contribution in [0.3, 0.4) is 0 Å². The topological polar surface area (TPSA) is 3.24 Å². The van der Waals surface area contributed by atoms with E-state index in [-0.39, 0.29) is 9.68 Å². The highest BCUT2D eigenvalue weighted by Gasteiger charge is 2.11. The van der Waals surface area contributed by atoms with Crippen molar-refractivity contribution in [2.24, 2.45) is 0 Å². The van der Waals surface area contributed by atoms with Gasteiger partial charge in [-0.2, -0.15) is 0 Å². The summed E-state index contributed by atoms with van der Waals surface area (Å²) in [7, 11) is -0.202. The van der Waals surface area contributed by atoms with E-state index >= 15 is 0 Å². The summed E-state index contributed by atoms with van der Waals surface area (Å²) in [6, 6.07) is 1.40. The Kier molecular flexibility index (Phi) is 10.8. The van der Waals surface area contributed by atoms with E-state index in [1.54, 1.807) is 5.57 Å². The molecule has 108 valence electrons. The van der Waals surface area contributed by atoms with Crippen molar-refractivity contribution in [3.8, 4) is 0 Å². The fourth-order valence-electron chi connectivity index (χ4n) is 2.39. The molecule has 0 amide bonds. The zero-order chi connectivity index (χ0) is 14.0. The molecule has 18 heavy (non-hydrogen) atoms. The molecule has 0 heterocycles. The molecule has 0 saturated heterocycles. The van der Waals surface area contributed by atoms with Gasteiger partial charge in [0.1, 0.15) is 9.68 Å². The van der Waals surface area contributed by atoms with E-state index in [9.17, 15) is 0 Å². The Morgan fingerprint density at radius 1 is 0.944 bits per heavy atom. The van der Waals surface area contributed by atoms with Crippen LogP contribution in [0.4, 0.5) is 0 Å². The Morgan fingerprint density at radius 2 is 1.39 bits per heavy atom. The van der Waals surface area contributed by atoms with Crippen LogP contribution in [-0.4, -0.2) is 26.3 Å². The van der Waals surface area contributed by atoms with Crippen LogP contribution in [0.15, 0.2) is 11.3 Å². The van der Waals surface area contributed by atoms with Crippen LogP contribution in [0.1, 0.15) is 80.1 Å². The molecule has 0 saturated carbocycles. The van der Waals surface area contributed by atoms with Gasteiger partial charge in [-0.15, -0.1) is 0 Å². The fraction of sp³-hybridized carbons (Fsp3) is 0.875. The number of hydrogen-bond acceptors (Lipinski definition) is 1. The summed E-state index contributed by atoms with van der Waals surface area (Å²) < 4.78 is 2.71. The van der Waals surface area contributed by atoms with E-state index in [2.05, 4.69) is 51.8 Å². The van der Waals surface area contributed by atoms with Crippen LogP contribution in [-0.2, 0) is 0 Å². The predicted molar refractivity (Wildman–Crippen MR) is 87.8 cm³/mol. The third-order valence-electron chi connectivity index (χ3n) is 3.62. The Balaban J connectivity index is 4.41. The van der Waals surface area contributed by atoms with Gasteiger partial charge < -0.3 is 4.57 Å². The van der Waals surface area contributed by atoms with E-state index < -0.39 is 0 Å². The number of unbranched alkanes of at least 4 members (excludes halogenated alkanes) is 2. The van der Waals surface area contributed by atoms with Crippen molar-refractivity contribution in [1.82, 2.24) is 4.57 Å². The van der Waals surface area contributed by atoms with Crippen molar-refractivity contribution in [3.05, 3.63) is 11.3 Å². The highest BCUT2D eigenvalue weighted by molar-refractivity contribution is 6.39. The van der Waals surface area contributed by atoms with Crippen LogP contribution >= 0.6 is 0 Å². The average Bonchev–Trinajstić information content (AvgIpc) is 2.31. The van der Waals surface area contributed by atoms with Gasteiger partial charge in [-0.3, -0.25) is 0 Å². The predicted octanol–water partition coefficient (Wildman–Crippen LogP) is 4.45. The van der Waals surface area contributed by atoms with Crippen LogP contribution in [0.25, 0.3) is 0 Å². The quantitative estimate of drug-likeness (QED) is 0.530. The number of rotatable bonds is 10. The van der Waals surface area contributed by atoms with Crippen molar-refractivity contribution in [3.63, 3.8) is 0 Å². The molecular formula is C16H35NSi. The lowest BCUT2D eigenvalue weighted by molar-refractivity contribution is 0.315. The minimum Gasteiger partial charge on any atom is -0.321 e. The molecule has 0 N–H and O–H groups in total. The summed E-state index contributed by atoms with van der Waals surface area (Å²) in [6.45, 7) is 13.9. The molecule has 0 rings (SSSR count). The summed E-state index contributed by atoms with van der Waals surface area (Å²) >= 11 is 0. The lowest BCUT2D eigenvalue weighted by atomic mass is 10.0. The van der Waals surface area contributed by atoms with E-state index in [0.29, 0.717) is 12.1 Å². The Hall–Kier alpha value is -0.0831. The van der Waals surface area contributed by atoms with Gasteiger partial charge in [0.25, 0.3) is 0 Å². The third-order valence-corrected chi connectivity index (χ3v) is 6.26. The molecule has 0 unspecified atom stereocenters. The summed E-state index contributed by atoms with van der Waals surface area (Å²) in [5, 5.41) is 0. The van der Waals surface area contributed by atoms with E-state index in [1.165, 1.54) is 38.5 Å².